The van der Waals surface area contributed by atoms with Crippen molar-refractivity contribution in [3.8, 4) is 0 Å². The molecule has 0 spiro atoms. The molecule has 0 heterocycles. The fourth-order valence-corrected chi connectivity index (χ4v) is 2.75. The molecular weight excluding hydrogens is 266 g/mol. The Morgan fingerprint density at radius 1 is 0.550 bits per heavy atom. The maximum absolute atomic E-state index is 5.65. The quantitative estimate of drug-likeness (QED) is 0.246. The van der Waals surface area contributed by atoms with Crippen molar-refractivity contribution in [2.45, 2.75) is 96.8 Å². The Hall–Kier alpha value is 0.250. The highest BCUT2D eigenvalue weighted by atomic mass is 35.5. The lowest BCUT2D eigenvalue weighted by Crippen LogP contribution is -2.16. The molecule has 0 saturated carbocycles. The van der Waals surface area contributed by atoms with Crippen LogP contribution in [0.25, 0.3) is 0 Å². The first-order valence-electron chi connectivity index (χ1n) is 9.18. The predicted octanol–water partition coefficient (Wildman–Crippen LogP) is 6.30. The average Bonchev–Trinajstić information content (AvgIpc) is 2.47. The van der Waals surface area contributed by atoms with Gasteiger partial charge in [0.25, 0.3) is 0 Å². The molecule has 0 aliphatic carbocycles. The number of halogens is 1. The summed E-state index contributed by atoms with van der Waals surface area (Å²) in [5.74, 6) is 0.825. The number of rotatable bonds is 17. The first-order chi connectivity index (χ1) is 9.91. The van der Waals surface area contributed by atoms with Crippen LogP contribution in [0.4, 0.5) is 0 Å². The summed E-state index contributed by atoms with van der Waals surface area (Å²) in [6.45, 7) is 4.69. The third kappa shape index (κ3) is 18.2. The molecule has 0 atom stereocenters. The summed E-state index contributed by atoms with van der Waals surface area (Å²) in [6, 6.07) is 0. The molecule has 1 nitrogen and oxygen atoms in total. The van der Waals surface area contributed by atoms with Gasteiger partial charge in [0.15, 0.2) is 0 Å². The van der Waals surface area contributed by atoms with Crippen molar-refractivity contribution in [2.24, 2.45) is 0 Å². The van der Waals surface area contributed by atoms with Crippen LogP contribution in [0, 0.1) is 0 Å². The molecule has 0 saturated heterocycles. The largest absolute Gasteiger partial charge is 0.317 e. The molecule has 0 aromatic carbocycles. The fraction of sp³-hybridized carbons (Fsp3) is 1.00. The third-order valence-corrected chi connectivity index (χ3v) is 4.21. The van der Waals surface area contributed by atoms with Crippen LogP contribution in [0.15, 0.2) is 0 Å². The van der Waals surface area contributed by atoms with E-state index in [1.54, 1.807) is 0 Å². The van der Waals surface area contributed by atoms with Gasteiger partial charge in [-0.2, -0.15) is 0 Å². The highest BCUT2D eigenvalue weighted by molar-refractivity contribution is 6.17. The van der Waals surface area contributed by atoms with Crippen LogP contribution < -0.4 is 5.32 Å². The number of hydrogen-bond acceptors (Lipinski definition) is 1. The molecule has 0 bridgehead atoms. The number of alkyl halides is 1. The summed E-state index contributed by atoms with van der Waals surface area (Å²) in [5, 5.41) is 3.55. The van der Waals surface area contributed by atoms with E-state index in [2.05, 4.69) is 12.2 Å². The van der Waals surface area contributed by atoms with Crippen LogP contribution in [0.2, 0.25) is 0 Å². The lowest BCUT2D eigenvalue weighted by atomic mass is 10.1. The molecule has 0 amide bonds. The van der Waals surface area contributed by atoms with Gasteiger partial charge in [-0.05, 0) is 32.4 Å². The highest BCUT2D eigenvalue weighted by Crippen LogP contribution is 2.10. The predicted molar refractivity (Wildman–Crippen MR) is 93.9 cm³/mol. The highest BCUT2D eigenvalue weighted by Gasteiger charge is 1.93. The van der Waals surface area contributed by atoms with E-state index in [4.69, 9.17) is 11.6 Å². The van der Waals surface area contributed by atoms with Crippen molar-refractivity contribution in [3.05, 3.63) is 0 Å². The molecule has 1 N–H and O–H groups in total. The molecule has 0 unspecified atom stereocenters. The van der Waals surface area contributed by atoms with E-state index < -0.39 is 0 Å². The van der Waals surface area contributed by atoms with E-state index in [1.807, 2.05) is 0 Å². The zero-order valence-electron chi connectivity index (χ0n) is 13.9. The SMILES string of the molecule is CCCCCCCCCCCCNCCCCCCCl. The molecular formula is C18H38ClN. The number of unbranched alkanes of at least 4 members (excludes halogenated alkanes) is 12. The first kappa shape index (κ1) is 20.2. The minimum Gasteiger partial charge on any atom is -0.317 e. The Balaban J connectivity index is 2.89. The van der Waals surface area contributed by atoms with Gasteiger partial charge < -0.3 is 5.32 Å². The second-order valence-corrected chi connectivity index (χ2v) is 6.41. The second kappa shape index (κ2) is 19.2. The zero-order chi connectivity index (χ0) is 14.7. The Labute approximate surface area is 133 Å². The number of nitrogens with one attached hydrogen (secondary N) is 1. The summed E-state index contributed by atoms with van der Waals surface area (Å²) in [4.78, 5) is 0. The van der Waals surface area contributed by atoms with Gasteiger partial charge in [0, 0.05) is 5.88 Å². The van der Waals surface area contributed by atoms with E-state index in [0.717, 1.165) is 5.88 Å². The molecule has 20 heavy (non-hydrogen) atoms. The van der Waals surface area contributed by atoms with Gasteiger partial charge in [-0.15, -0.1) is 11.6 Å². The average molecular weight is 304 g/mol. The van der Waals surface area contributed by atoms with Crippen molar-refractivity contribution >= 4 is 11.6 Å². The monoisotopic (exact) mass is 303 g/mol. The van der Waals surface area contributed by atoms with Crippen molar-refractivity contribution in [3.63, 3.8) is 0 Å². The van der Waals surface area contributed by atoms with Gasteiger partial charge in [0.05, 0.1) is 0 Å². The van der Waals surface area contributed by atoms with Crippen LogP contribution in [0.5, 0.6) is 0 Å². The van der Waals surface area contributed by atoms with E-state index >= 15 is 0 Å². The van der Waals surface area contributed by atoms with E-state index in [0.29, 0.717) is 0 Å². The standard InChI is InChI=1S/C18H38ClN/c1-2-3-4-5-6-7-8-9-11-14-17-20-18-15-12-10-13-16-19/h20H,2-18H2,1H3. The molecule has 0 fully saturated rings. The molecule has 0 aliphatic heterocycles. The normalized spacial score (nSPS) is 11.1. The van der Waals surface area contributed by atoms with Gasteiger partial charge in [-0.1, -0.05) is 77.6 Å². The van der Waals surface area contributed by atoms with Crippen LogP contribution >= 0.6 is 11.6 Å². The maximum Gasteiger partial charge on any atom is 0.0223 e. The van der Waals surface area contributed by atoms with Crippen molar-refractivity contribution in [1.82, 2.24) is 5.32 Å². The van der Waals surface area contributed by atoms with Crippen LogP contribution in [0.1, 0.15) is 96.8 Å². The lowest BCUT2D eigenvalue weighted by molar-refractivity contribution is 0.535. The molecule has 0 aromatic heterocycles. The summed E-state index contributed by atoms with van der Waals surface area (Å²) in [5.41, 5.74) is 0. The van der Waals surface area contributed by atoms with Crippen LogP contribution in [-0.4, -0.2) is 19.0 Å². The van der Waals surface area contributed by atoms with Crippen molar-refractivity contribution < 1.29 is 0 Å². The molecule has 0 radical (unpaired) electrons. The van der Waals surface area contributed by atoms with E-state index in [9.17, 15) is 0 Å². The van der Waals surface area contributed by atoms with Crippen molar-refractivity contribution in [2.75, 3.05) is 19.0 Å². The molecule has 2 heteroatoms. The van der Waals surface area contributed by atoms with Crippen LogP contribution in [0.3, 0.4) is 0 Å². The van der Waals surface area contributed by atoms with Crippen molar-refractivity contribution in [1.29, 1.82) is 0 Å². The Morgan fingerprint density at radius 2 is 0.950 bits per heavy atom. The second-order valence-electron chi connectivity index (χ2n) is 6.04. The van der Waals surface area contributed by atoms with Gasteiger partial charge >= 0.3 is 0 Å². The van der Waals surface area contributed by atoms with Gasteiger partial charge in [-0.25, -0.2) is 0 Å². The van der Waals surface area contributed by atoms with E-state index in [1.165, 1.54) is 103 Å². The topological polar surface area (TPSA) is 12.0 Å². The Bertz CT molecular complexity index is 143. The molecule has 122 valence electrons. The lowest BCUT2D eigenvalue weighted by Gasteiger charge is -2.05. The smallest absolute Gasteiger partial charge is 0.0223 e. The van der Waals surface area contributed by atoms with E-state index in [-0.39, 0.29) is 0 Å². The summed E-state index contributed by atoms with van der Waals surface area (Å²) < 4.78 is 0. The zero-order valence-corrected chi connectivity index (χ0v) is 14.7. The summed E-state index contributed by atoms with van der Waals surface area (Å²) in [6.07, 6.45) is 19.4. The fourth-order valence-electron chi connectivity index (χ4n) is 2.56. The van der Waals surface area contributed by atoms with Gasteiger partial charge in [0.2, 0.25) is 0 Å². The summed E-state index contributed by atoms with van der Waals surface area (Å²) in [7, 11) is 0. The Morgan fingerprint density at radius 3 is 1.40 bits per heavy atom. The minimum atomic E-state index is 0.825. The third-order valence-electron chi connectivity index (χ3n) is 3.94. The first-order valence-corrected chi connectivity index (χ1v) is 9.72. The number of hydrogen-bond donors (Lipinski definition) is 1. The molecule has 0 aromatic rings. The maximum atomic E-state index is 5.65. The minimum absolute atomic E-state index is 0.825. The Kier molecular flexibility index (Phi) is 19.5. The van der Waals surface area contributed by atoms with Crippen LogP contribution in [-0.2, 0) is 0 Å². The molecule has 0 aliphatic rings. The molecule has 0 rings (SSSR count). The summed E-state index contributed by atoms with van der Waals surface area (Å²) >= 11 is 5.65. The van der Waals surface area contributed by atoms with Gasteiger partial charge in [-0.3, -0.25) is 0 Å². The van der Waals surface area contributed by atoms with Gasteiger partial charge in [0.1, 0.15) is 0 Å².